The minimum absolute atomic E-state index is 0.178. The number of carbonyl (C=O) groups is 1. The molecule has 0 saturated carbocycles. The summed E-state index contributed by atoms with van der Waals surface area (Å²) in [6.07, 6.45) is 0.178. The van der Waals surface area contributed by atoms with Crippen molar-refractivity contribution in [2.45, 2.75) is 6.42 Å². The third kappa shape index (κ3) is 2.81. The average Bonchev–Trinajstić information content (AvgIpc) is 2.93. The van der Waals surface area contributed by atoms with Gasteiger partial charge < -0.3 is 11.1 Å². The topological polar surface area (TPSA) is 80.9 Å². The minimum Gasteiger partial charge on any atom is -0.398 e. The van der Waals surface area contributed by atoms with Crippen LogP contribution in [0.25, 0.3) is 11.0 Å². The van der Waals surface area contributed by atoms with Gasteiger partial charge in [-0.2, -0.15) is 8.75 Å². The molecule has 0 radical (unpaired) electrons. The van der Waals surface area contributed by atoms with E-state index >= 15 is 0 Å². The van der Waals surface area contributed by atoms with Crippen molar-refractivity contribution in [1.29, 1.82) is 0 Å². The lowest BCUT2D eigenvalue weighted by molar-refractivity contribution is -0.115. The van der Waals surface area contributed by atoms with Crippen LogP contribution in [0, 0.1) is 0 Å². The highest BCUT2D eigenvalue weighted by atomic mass is 35.5. The number of benzene rings is 2. The van der Waals surface area contributed by atoms with Crippen LogP contribution >= 0.6 is 23.3 Å². The SMILES string of the molecule is Nc1ccccc1CC(=O)Nc1c(Cl)ccc2nsnc12. The van der Waals surface area contributed by atoms with Crippen LogP contribution in [0.1, 0.15) is 5.56 Å². The van der Waals surface area contributed by atoms with Crippen molar-refractivity contribution in [2.24, 2.45) is 0 Å². The summed E-state index contributed by atoms with van der Waals surface area (Å²) < 4.78 is 8.29. The largest absolute Gasteiger partial charge is 0.398 e. The second-order valence-corrected chi connectivity index (χ2v) is 5.41. The Morgan fingerprint density at radius 1 is 1.24 bits per heavy atom. The number of hydrogen-bond donors (Lipinski definition) is 2. The maximum atomic E-state index is 12.2. The number of halogens is 1. The Morgan fingerprint density at radius 2 is 2.05 bits per heavy atom. The number of nitrogens with one attached hydrogen (secondary N) is 1. The maximum absolute atomic E-state index is 12.2. The third-order valence-electron chi connectivity index (χ3n) is 3.05. The van der Waals surface area contributed by atoms with Gasteiger partial charge in [0, 0.05) is 5.69 Å². The quantitative estimate of drug-likeness (QED) is 0.727. The van der Waals surface area contributed by atoms with Gasteiger partial charge in [-0.15, -0.1) is 0 Å². The molecule has 21 heavy (non-hydrogen) atoms. The average molecular weight is 319 g/mol. The van der Waals surface area contributed by atoms with Gasteiger partial charge in [0.15, 0.2) is 0 Å². The first-order chi connectivity index (χ1) is 10.1. The van der Waals surface area contributed by atoms with E-state index in [9.17, 15) is 4.79 Å². The number of rotatable bonds is 3. The van der Waals surface area contributed by atoms with Gasteiger partial charge in [-0.25, -0.2) is 0 Å². The number of carbonyl (C=O) groups excluding carboxylic acids is 1. The predicted octanol–water partition coefficient (Wildman–Crippen LogP) is 3.11. The number of nitrogens with zero attached hydrogens (tertiary/aromatic N) is 2. The fraction of sp³-hybridized carbons (Fsp3) is 0.0714. The van der Waals surface area contributed by atoms with E-state index in [2.05, 4.69) is 14.1 Å². The molecule has 1 heterocycles. The summed E-state index contributed by atoms with van der Waals surface area (Å²) in [6, 6.07) is 10.7. The van der Waals surface area contributed by atoms with Crippen LogP contribution < -0.4 is 11.1 Å². The van der Waals surface area contributed by atoms with Crippen LogP contribution in [0.5, 0.6) is 0 Å². The molecule has 0 spiro atoms. The van der Waals surface area contributed by atoms with Crippen molar-refractivity contribution in [1.82, 2.24) is 8.75 Å². The number of hydrogen-bond acceptors (Lipinski definition) is 5. The maximum Gasteiger partial charge on any atom is 0.228 e. The fourth-order valence-corrected chi connectivity index (χ4v) is 2.74. The zero-order valence-corrected chi connectivity index (χ0v) is 12.4. The normalized spacial score (nSPS) is 10.7. The molecule has 3 aromatic rings. The Labute approximate surface area is 130 Å². The van der Waals surface area contributed by atoms with Crippen molar-refractivity contribution in [3.8, 4) is 0 Å². The Bertz CT molecular complexity index is 818. The van der Waals surface area contributed by atoms with Gasteiger partial charge in [-0.05, 0) is 23.8 Å². The van der Waals surface area contributed by atoms with E-state index in [1.54, 1.807) is 18.2 Å². The summed E-state index contributed by atoms with van der Waals surface area (Å²) in [5, 5.41) is 3.23. The number of nitrogen functional groups attached to an aromatic ring is 1. The van der Waals surface area contributed by atoms with Gasteiger partial charge in [0.2, 0.25) is 5.91 Å². The van der Waals surface area contributed by atoms with E-state index in [0.717, 1.165) is 17.3 Å². The smallest absolute Gasteiger partial charge is 0.228 e. The van der Waals surface area contributed by atoms with Gasteiger partial charge in [0.25, 0.3) is 0 Å². The van der Waals surface area contributed by atoms with Crippen molar-refractivity contribution in [2.75, 3.05) is 11.1 Å². The molecule has 1 aromatic heterocycles. The predicted molar refractivity (Wildman–Crippen MR) is 85.6 cm³/mol. The Morgan fingerprint density at radius 3 is 2.86 bits per heavy atom. The molecule has 0 aliphatic heterocycles. The van der Waals surface area contributed by atoms with E-state index in [0.29, 0.717) is 27.4 Å². The molecule has 7 heteroatoms. The molecule has 5 nitrogen and oxygen atoms in total. The first kappa shape index (κ1) is 13.8. The number of aromatic nitrogens is 2. The summed E-state index contributed by atoms with van der Waals surface area (Å²) in [7, 11) is 0. The highest BCUT2D eigenvalue weighted by Gasteiger charge is 2.13. The van der Waals surface area contributed by atoms with E-state index in [1.807, 2.05) is 18.2 Å². The molecule has 0 bridgehead atoms. The highest BCUT2D eigenvalue weighted by molar-refractivity contribution is 7.00. The van der Waals surface area contributed by atoms with Crippen molar-refractivity contribution in [3.63, 3.8) is 0 Å². The standard InChI is InChI=1S/C14H11ClN4OS/c15-9-5-6-11-14(19-21-18-11)13(9)17-12(20)7-8-3-1-2-4-10(8)16/h1-6H,7,16H2,(H,17,20). The van der Waals surface area contributed by atoms with Crippen LogP contribution in [0.4, 0.5) is 11.4 Å². The first-order valence-corrected chi connectivity index (χ1v) is 7.30. The summed E-state index contributed by atoms with van der Waals surface area (Å²) >= 11 is 7.22. The molecule has 0 aliphatic carbocycles. The summed E-state index contributed by atoms with van der Waals surface area (Å²) in [5.74, 6) is -0.199. The number of amides is 1. The van der Waals surface area contributed by atoms with Gasteiger partial charge in [-0.3, -0.25) is 4.79 Å². The fourth-order valence-electron chi connectivity index (χ4n) is 2.00. The summed E-state index contributed by atoms with van der Waals surface area (Å²) in [6.45, 7) is 0. The van der Waals surface area contributed by atoms with Gasteiger partial charge in [-0.1, -0.05) is 29.8 Å². The zero-order chi connectivity index (χ0) is 14.8. The van der Waals surface area contributed by atoms with Crippen LogP contribution in [0.15, 0.2) is 36.4 Å². The van der Waals surface area contributed by atoms with Crippen molar-refractivity contribution < 1.29 is 4.79 Å². The minimum atomic E-state index is -0.199. The lowest BCUT2D eigenvalue weighted by Crippen LogP contribution is -2.15. The van der Waals surface area contributed by atoms with E-state index in [1.165, 1.54) is 0 Å². The summed E-state index contributed by atoms with van der Waals surface area (Å²) in [4.78, 5) is 12.2. The Hall–Kier alpha value is -2.18. The number of anilines is 2. The molecule has 0 fully saturated rings. The van der Waals surface area contributed by atoms with E-state index in [-0.39, 0.29) is 12.3 Å². The third-order valence-corrected chi connectivity index (χ3v) is 3.91. The highest BCUT2D eigenvalue weighted by Crippen LogP contribution is 2.30. The molecule has 1 amide bonds. The number of fused-ring (bicyclic) bond motifs is 1. The van der Waals surface area contributed by atoms with Crippen LogP contribution in [-0.2, 0) is 11.2 Å². The molecule has 3 rings (SSSR count). The van der Waals surface area contributed by atoms with Gasteiger partial charge in [0.1, 0.15) is 11.0 Å². The molecule has 0 atom stereocenters. The van der Waals surface area contributed by atoms with Crippen LogP contribution in [0.2, 0.25) is 5.02 Å². The monoisotopic (exact) mass is 318 g/mol. The molecule has 2 aromatic carbocycles. The van der Waals surface area contributed by atoms with Gasteiger partial charge in [0.05, 0.1) is 28.9 Å². The molecule has 0 saturated heterocycles. The van der Waals surface area contributed by atoms with E-state index in [4.69, 9.17) is 17.3 Å². The van der Waals surface area contributed by atoms with Gasteiger partial charge >= 0.3 is 0 Å². The van der Waals surface area contributed by atoms with Crippen molar-refractivity contribution >= 4 is 51.6 Å². The lowest BCUT2D eigenvalue weighted by atomic mass is 10.1. The zero-order valence-electron chi connectivity index (χ0n) is 10.8. The molecular weight excluding hydrogens is 308 g/mol. The molecule has 0 aliphatic rings. The van der Waals surface area contributed by atoms with E-state index < -0.39 is 0 Å². The molecular formula is C14H11ClN4OS. The second kappa shape index (κ2) is 5.67. The number of para-hydroxylation sites is 1. The number of nitrogens with two attached hydrogens (primary N) is 1. The molecule has 0 unspecified atom stereocenters. The summed E-state index contributed by atoms with van der Waals surface area (Å²) in [5.41, 5.74) is 9.00. The molecule has 3 N–H and O–H groups in total. The molecule has 106 valence electrons. The van der Waals surface area contributed by atoms with Crippen LogP contribution in [-0.4, -0.2) is 14.7 Å². The Balaban J connectivity index is 1.85. The van der Waals surface area contributed by atoms with Crippen LogP contribution in [0.3, 0.4) is 0 Å². The second-order valence-electron chi connectivity index (χ2n) is 4.48. The lowest BCUT2D eigenvalue weighted by Gasteiger charge is -2.09. The Kier molecular flexibility index (Phi) is 3.72. The van der Waals surface area contributed by atoms with Crippen molar-refractivity contribution in [3.05, 3.63) is 47.0 Å². The first-order valence-electron chi connectivity index (χ1n) is 6.19.